The Kier molecular flexibility index (Phi) is 6.54. The molecule has 0 aliphatic rings. The van der Waals surface area contributed by atoms with Crippen molar-refractivity contribution in [2.75, 3.05) is 26.3 Å². The molecule has 0 aliphatic heterocycles. The van der Waals surface area contributed by atoms with Crippen LogP contribution < -0.4 is 5.32 Å². The molecule has 0 spiro atoms. The lowest BCUT2D eigenvalue weighted by molar-refractivity contribution is 0.150. The smallest absolute Gasteiger partial charge is 0.0590 e. The molecule has 1 N–H and O–H groups in total. The maximum atomic E-state index is 5.21. The first-order valence-electron chi connectivity index (χ1n) is 5.43. The topological polar surface area (TPSA) is 21.3 Å². The summed E-state index contributed by atoms with van der Waals surface area (Å²) in [6.45, 7) is 5.39. The van der Waals surface area contributed by atoms with E-state index in [-0.39, 0.29) is 0 Å². The fourth-order valence-corrected chi connectivity index (χ4v) is 1.23. The second kappa shape index (κ2) is 8.21. The van der Waals surface area contributed by atoms with Gasteiger partial charge in [0, 0.05) is 19.7 Å². The van der Waals surface area contributed by atoms with Crippen LogP contribution in [-0.2, 0) is 4.74 Å². The molecule has 2 heteroatoms. The highest BCUT2D eigenvalue weighted by Gasteiger charge is 1.84. The fraction of sp³-hybridized carbons (Fsp3) is 0.385. The molecule has 0 unspecified atom stereocenters. The van der Waals surface area contributed by atoms with Crippen molar-refractivity contribution in [3.63, 3.8) is 0 Å². The monoisotopic (exact) mass is 205 g/mol. The third-order valence-corrected chi connectivity index (χ3v) is 2.00. The maximum absolute atomic E-state index is 5.21. The molecule has 0 bridgehead atoms. The Hall–Kier alpha value is -1.12. The van der Waals surface area contributed by atoms with E-state index in [0.29, 0.717) is 0 Å². The lowest BCUT2D eigenvalue weighted by Gasteiger charge is -2.01. The molecule has 0 fully saturated rings. The van der Waals surface area contributed by atoms with E-state index >= 15 is 0 Å². The summed E-state index contributed by atoms with van der Waals surface area (Å²) in [5.41, 5.74) is 1.24. The van der Waals surface area contributed by atoms with Gasteiger partial charge < -0.3 is 10.1 Å². The highest BCUT2D eigenvalue weighted by atomic mass is 16.5. The molecule has 0 radical (unpaired) electrons. The normalized spacial score (nSPS) is 11.0. The largest absolute Gasteiger partial charge is 0.380 e. The molecule has 0 aliphatic carbocycles. The zero-order chi connectivity index (χ0) is 10.8. The van der Waals surface area contributed by atoms with Crippen molar-refractivity contribution in [3.05, 3.63) is 42.0 Å². The summed E-state index contributed by atoms with van der Waals surface area (Å²) in [6, 6.07) is 10.3. The van der Waals surface area contributed by atoms with E-state index in [1.807, 2.05) is 25.1 Å². The number of benzene rings is 1. The first kappa shape index (κ1) is 12.0. The van der Waals surface area contributed by atoms with E-state index in [0.717, 1.165) is 26.3 Å². The molecule has 0 heterocycles. The van der Waals surface area contributed by atoms with Crippen LogP contribution in [-0.4, -0.2) is 26.3 Å². The first-order chi connectivity index (χ1) is 7.43. The van der Waals surface area contributed by atoms with Crippen LogP contribution in [0.2, 0.25) is 0 Å². The molecule has 1 rings (SSSR count). The molecule has 0 aromatic heterocycles. The molecule has 0 atom stereocenters. The minimum atomic E-state index is 0.787. The molecular weight excluding hydrogens is 186 g/mol. The van der Waals surface area contributed by atoms with Crippen molar-refractivity contribution in [1.29, 1.82) is 0 Å². The minimum Gasteiger partial charge on any atom is -0.380 e. The van der Waals surface area contributed by atoms with Gasteiger partial charge in [0.05, 0.1) is 6.61 Å². The van der Waals surface area contributed by atoms with Crippen LogP contribution in [0.3, 0.4) is 0 Å². The van der Waals surface area contributed by atoms with Crippen LogP contribution in [0.25, 0.3) is 6.08 Å². The Balaban J connectivity index is 2.07. The average Bonchev–Trinajstić information content (AvgIpc) is 2.29. The Bertz CT molecular complexity index is 269. The summed E-state index contributed by atoms with van der Waals surface area (Å²) in [5, 5.41) is 3.28. The van der Waals surface area contributed by atoms with Crippen LogP contribution >= 0.6 is 0 Å². The summed E-state index contributed by atoms with van der Waals surface area (Å²) in [6.07, 6.45) is 4.24. The minimum absolute atomic E-state index is 0.787. The molecule has 0 amide bonds. The van der Waals surface area contributed by atoms with Crippen molar-refractivity contribution in [2.45, 2.75) is 6.92 Å². The summed E-state index contributed by atoms with van der Waals surface area (Å²) in [4.78, 5) is 0. The molecule has 15 heavy (non-hydrogen) atoms. The summed E-state index contributed by atoms with van der Waals surface area (Å²) < 4.78 is 5.21. The van der Waals surface area contributed by atoms with E-state index in [4.69, 9.17) is 4.74 Å². The van der Waals surface area contributed by atoms with Gasteiger partial charge in [0.25, 0.3) is 0 Å². The highest BCUT2D eigenvalue weighted by Crippen LogP contribution is 1.99. The van der Waals surface area contributed by atoms with E-state index < -0.39 is 0 Å². The van der Waals surface area contributed by atoms with Gasteiger partial charge in [-0.3, -0.25) is 0 Å². The van der Waals surface area contributed by atoms with Crippen LogP contribution in [0.4, 0.5) is 0 Å². The van der Waals surface area contributed by atoms with Crippen molar-refractivity contribution in [2.24, 2.45) is 0 Å². The fourth-order valence-electron chi connectivity index (χ4n) is 1.23. The van der Waals surface area contributed by atoms with Gasteiger partial charge in [-0.15, -0.1) is 0 Å². The highest BCUT2D eigenvalue weighted by molar-refractivity contribution is 5.48. The van der Waals surface area contributed by atoms with Crippen LogP contribution in [0.15, 0.2) is 36.4 Å². The predicted octanol–water partition coefficient (Wildman–Crippen LogP) is 2.33. The van der Waals surface area contributed by atoms with Crippen molar-refractivity contribution in [3.8, 4) is 0 Å². The molecule has 2 nitrogen and oxygen atoms in total. The zero-order valence-corrected chi connectivity index (χ0v) is 9.28. The Labute approximate surface area is 92.0 Å². The molecule has 1 aromatic carbocycles. The van der Waals surface area contributed by atoms with Gasteiger partial charge >= 0.3 is 0 Å². The molecule has 1 aromatic rings. The predicted molar refractivity (Wildman–Crippen MR) is 64.8 cm³/mol. The number of rotatable bonds is 7. The Morgan fingerprint density at radius 1 is 1.27 bits per heavy atom. The van der Waals surface area contributed by atoms with Crippen LogP contribution in [0.1, 0.15) is 12.5 Å². The molecule has 0 saturated carbocycles. The summed E-state index contributed by atoms with van der Waals surface area (Å²) in [5.74, 6) is 0. The first-order valence-corrected chi connectivity index (χ1v) is 5.43. The van der Waals surface area contributed by atoms with Crippen LogP contribution in [0.5, 0.6) is 0 Å². The maximum Gasteiger partial charge on any atom is 0.0590 e. The third-order valence-electron chi connectivity index (χ3n) is 2.00. The summed E-state index contributed by atoms with van der Waals surface area (Å²) in [7, 11) is 0. The van der Waals surface area contributed by atoms with Gasteiger partial charge in [-0.05, 0) is 12.5 Å². The van der Waals surface area contributed by atoms with Gasteiger partial charge in [0.2, 0.25) is 0 Å². The second-order valence-electron chi connectivity index (χ2n) is 3.21. The number of hydrogen-bond acceptors (Lipinski definition) is 2. The SMILES string of the molecule is CCOCCNC/C=C/c1ccccc1. The quantitative estimate of drug-likeness (QED) is 0.690. The van der Waals surface area contributed by atoms with E-state index in [2.05, 4.69) is 29.6 Å². The van der Waals surface area contributed by atoms with Gasteiger partial charge in [-0.25, -0.2) is 0 Å². The third kappa shape index (κ3) is 6.05. The zero-order valence-electron chi connectivity index (χ0n) is 9.28. The molecule has 0 saturated heterocycles. The van der Waals surface area contributed by atoms with Gasteiger partial charge in [0.15, 0.2) is 0 Å². The lowest BCUT2D eigenvalue weighted by atomic mass is 10.2. The standard InChI is InChI=1S/C13H19NO/c1-2-15-12-11-14-10-6-9-13-7-4-3-5-8-13/h3-9,14H,2,10-12H2,1H3/b9-6+. The number of hydrogen-bond donors (Lipinski definition) is 1. The van der Waals surface area contributed by atoms with Crippen molar-refractivity contribution in [1.82, 2.24) is 5.32 Å². The second-order valence-corrected chi connectivity index (χ2v) is 3.21. The molecule has 82 valence electrons. The Morgan fingerprint density at radius 2 is 2.07 bits per heavy atom. The average molecular weight is 205 g/mol. The molecular formula is C13H19NO. The number of ether oxygens (including phenoxy) is 1. The summed E-state index contributed by atoms with van der Waals surface area (Å²) >= 11 is 0. The van der Waals surface area contributed by atoms with Crippen molar-refractivity contribution >= 4 is 6.08 Å². The van der Waals surface area contributed by atoms with E-state index in [1.165, 1.54) is 5.56 Å². The lowest BCUT2D eigenvalue weighted by Crippen LogP contribution is -2.19. The van der Waals surface area contributed by atoms with E-state index in [9.17, 15) is 0 Å². The van der Waals surface area contributed by atoms with Gasteiger partial charge in [-0.1, -0.05) is 42.5 Å². The Morgan fingerprint density at radius 3 is 2.80 bits per heavy atom. The van der Waals surface area contributed by atoms with Crippen LogP contribution in [0, 0.1) is 0 Å². The number of nitrogens with one attached hydrogen (secondary N) is 1. The van der Waals surface area contributed by atoms with E-state index in [1.54, 1.807) is 0 Å². The van der Waals surface area contributed by atoms with Crippen molar-refractivity contribution < 1.29 is 4.74 Å². The van der Waals surface area contributed by atoms with Gasteiger partial charge in [0.1, 0.15) is 0 Å². The van der Waals surface area contributed by atoms with Gasteiger partial charge in [-0.2, -0.15) is 0 Å².